The molecule has 348 valence electrons. The van der Waals surface area contributed by atoms with Crippen LogP contribution >= 0.6 is 15.9 Å². The van der Waals surface area contributed by atoms with Crippen LogP contribution in [0, 0.1) is 13.8 Å². The van der Waals surface area contributed by atoms with E-state index in [2.05, 4.69) is 147 Å². The van der Waals surface area contributed by atoms with E-state index in [0.717, 1.165) is 123 Å². The summed E-state index contributed by atoms with van der Waals surface area (Å²) in [5.41, 5.74) is 16.5. The van der Waals surface area contributed by atoms with Crippen molar-refractivity contribution in [2.75, 3.05) is 27.8 Å². The van der Waals surface area contributed by atoms with Crippen molar-refractivity contribution in [2.24, 2.45) is 0 Å². The van der Waals surface area contributed by atoms with Gasteiger partial charge >= 0.3 is 0 Å². The molecule has 0 saturated carbocycles. The maximum absolute atomic E-state index is 6.04. The first-order valence-electron chi connectivity index (χ1n) is 23.5. The first-order valence-corrected chi connectivity index (χ1v) is 24.3. The van der Waals surface area contributed by atoms with Crippen molar-refractivity contribution in [3.63, 3.8) is 0 Å². The number of halogens is 1. The van der Waals surface area contributed by atoms with Crippen molar-refractivity contribution in [3.8, 4) is 11.5 Å². The van der Waals surface area contributed by atoms with Crippen LogP contribution in [0.1, 0.15) is 189 Å². The van der Waals surface area contributed by atoms with Crippen LogP contribution in [0.3, 0.4) is 0 Å². The van der Waals surface area contributed by atoms with Gasteiger partial charge in [-0.2, -0.15) is 0 Å². The summed E-state index contributed by atoms with van der Waals surface area (Å²) >= 11 is 3.80. The SMILES string of the molecule is COCOc1c(C)c(C)[13c](OCOC)c(Br)c1C/C=C(\C)CC/C=C(\C)CC/C=C(\C)CC/C=C(\C)CC/C=C(\C)CC/C=C(\C)CC/C=C(\C)CC/C=C(\C)CCC=C(C)C. The standard InChI is InChI=1S/C57H89BrO4/c1-43(2)23-15-24-44(3)25-16-26-45(4)27-17-28-46(5)29-18-30-47(6)31-19-32-48(7)33-20-34-49(8)35-21-36-50(9)37-22-38-51(10)39-40-54-55(58)57(62-42-60-14)53(12)52(11)56(54)61-41-59-13/h23,25,27,29,31,33,35,37,39H,15-22,24,26,28,30,32,34,36,38,40-42H2,1-14H3/b44-25+,45-27+,46-29+,47-31+,48-33+,49-35+,50-37+,51-39+/i57+1. The predicted molar refractivity (Wildman–Crippen MR) is 276 cm³/mol. The number of ether oxygens (including phenoxy) is 4. The van der Waals surface area contributed by atoms with Crippen LogP contribution in [0.25, 0.3) is 0 Å². The Labute approximate surface area is 390 Å². The summed E-state index contributed by atoms with van der Waals surface area (Å²) in [6, 6.07) is 0. The maximum atomic E-state index is 6.04. The van der Waals surface area contributed by atoms with Gasteiger partial charge in [0.15, 0.2) is 13.6 Å². The zero-order valence-electron chi connectivity index (χ0n) is 42.1. The molecule has 0 atom stereocenters. The van der Waals surface area contributed by atoms with Gasteiger partial charge in [-0.05, 0) is 219 Å². The number of rotatable bonds is 32. The second-order valence-corrected chi connectivity index (χ2v) is 18.8. The number of methoxy groups -OCH3 is 2. The topological polar surface area (TPSA) is 36.9 Å². The van der Waals surface area contributed by atoms with Gasteiger partial charge in [0.05, 0.1) is 4.47 Å². The van der Waals surface area contributed by atoms with E-state index in [-0.39, 0.29) is 13.6 Å². The van der Waals surface area contributed by atoms with Crippen LogP contribution in [0.5, 0.6) is 11.5 Å². The molecular weight excluding hydrogens is 830 g/mol. The Kier molecular flexibility index (Phi) is 31.5. The van der Waals surface area contributed by atoms with Crippen molar-refractivity contribution >= 4 is 15.9 Å². The Morgan fingerprint density at radius 1 is 0.387 bits per heavy atom. The molecule has 0 N–H and O–H groups in total. The summed E-state index contributed by atoms with van der Waals surface area (Å²) in [6.45, 7) is 27.1. The number of hydrogen-bond donors (Lipinski definition) is 0. The van der Waals surface area contributed by atoms with Crippen LogP contribution in [0.2, 0.25) is 0 Å². The molecule has 0 heterocycles. The highest BCUT2D eigenvalue weighted by atomic mass is 79.9. The minimum atomic E-state index is 0.191. The molecule has 1 aromatic carbocycles. The second-order valence-electron chi connectivity index (χ2n) is 18.0. The largest absolute Gasteiger partial charge is 0.467 e. The first kappa shape index (κ1) is 56.9. The molecule has 0 unspecified atom stereocenters. The summed E-state index contributed by atoms with van der Waals surface area (Å²) in [6.07, 6.45) is 40.7. The fraction of sp³-hybridized carbons (Fsp3) is 0.579. The highest BCUT2D eigenvalue weighted by Gasteiger charge is 2.20. The van der Waals surface area contributed by atoms with E-state index in [0.29, 0.717) is 0 Å². The van der Waals surface area contributed by atoms with E-state index in [1.807, 2.05) is 6.92 Å². The van der Waals surface area contributed by atoms with Crippen molar-refractivity contribution < 1.29 is 18.9 Å². The molecule has 0 radical (unpaired) electrons. The molecule has 0 amide bonds. The quantitative estimate of drug-likeness (QED) is 0.0533. The van der Waals surface area contributed by atoms with Gasteiger partial charge in [0, 0.05) is 19.8 Å². The molecule has 0 saturated heterocycles. The Morgan fingerprint density at radius 3 is 0.935 bits per heavy atom. The van der Waals surface area contributed by atoms with Gasteiger partial charge in [-0.3, -0.25) is 0 Å². The predicted octanol–water partition coefficient (Wildman–Crippen LogP) is 18.4. The summed E-state index contributed by atoms with van der Waals surface area (Å²) in [7, 11) is 3.27. The summed E-state index contributed by atoms with van der Waals surface area (Å²) in [5.74, 6) is 1.64. The molecule has 0 aliphatic carbocycles. The van der Waals surface area contributed by atoms with E-state index < -0.39 is 0 Å². The molecule has 0 aromatic heterocycles. The summed E-state index contributed by atoms with van der Waals surface area (Å²) in [5, 5.41) is 0. The lowest BCUT2D eigenvalue weighted by Crippen LogP contribution is -2.08. The third-order valence-electron chi connectivity index (χ3n) is 11.6. The average molecular weight is 919 g/mol. The molecule has 0 aliphatic rings. The van der Waals surface area contributed by atoms with Crippen molar-refractivity contribution in [3.05, 3.63) is 126 Å². The highest BCUT2D eigenvalue weighted by molar-refractivity contribution is 9.10. The lowest BCUT2D eigenvalue weighted by atomic mass is 10.0. The lowest BCUT2D eigenvalue weighted by Gasteiger charge is -2.21. The van der Waals surface area contributed by atoms with E-state index >= 15 is 0 Å². The fourth-order valence-corrected chi connectivity index (χ4v) is 8.01. The molecular formula is C57H89BrO4. The van der Waals surface area contributed by atoms with Crippen LogP contribution in [-0.2, 0) is 15.9 Å². The van der Waals surface area contributed by atoms with Crippen LogP contribution in [-0.4, -0.2) is 27.8 Å². The van der Waals surface area contributed by atoms with Gasteiger partial charge in [-0.1, -0.05) is 105 Å². The van der Waals surface area contributed by atoms with Gasteiger partial charge in [-0.25, -0.2) is 0 Å². The first-order chi connectivity index (χ1) is 29.6. The van der Waals surface area contributed by atoms with E-state index in [1.165, 1.54) is 69.4 Å². The smallest absolute Gasteiger partial charge is 0.188 e. The van der Waals surface area contributed by atoms with Crippen LogP contribution in [0.4, 0.5) is 0 Å². The van der Waals surface area contributed by atoms with Crippen LogP contribution in [0.15, 0.2) is 109 Å². The monoisotopic (exact) mass is 918 g/mol. The molecule has 0 aliphatic heterocycles. The zero-order valence-corrected chi connectivity index (χ0v) is 43.7. The third-order valence-corrected chi connectivity index (χ3v) is 12.4. The Bertz CT molecular complexity index is 1750. The molecule has 0 spiro atoms. The van der Waals surface area contributed by atoms with Gasteiger partial charge in [0.1, 0.15) is 11.5 Å². The van der Waals surface area contributed by atoms with E-state index in [1.54, 1.807) is 14.2 Å². The fourth-order valence-electron chi connectivity index (χ4n) is 7.26. The van der Waals surface area contributed by atoms with Crippen molar-refractivity contribution in [1.29, 1.82) is 0 Å². The minimum Gasteiger partial charge on any atom is -0.467 e. The number of allylic oxidation sites excluding steroid dienone is 18. The van der Waals surface area contributed by atoms with Gasteiger partial charge in [0.2, 0.25) is 0 Å². The molecule has 62 heavy (non-hydrogen) atoms. The Hall–Kier alpha value is -3.12. The minimum absolute atomic E-state index is 0.191. The zero-order chi connectivity index (χ0) is 46.3. The molecule has 5 heteroatoms. The molecule has 0 fully saturated rings. The summed E-state index contributed by atoms with van der Waals surface area (Å²) < 4.78 is 23.3. The third kappa shape index (κ3) is 26.5. The normalized spacial score (nSPS) is 13.9. The Balaban J connectivity index is 2.42. The molecule has 1 rings (SSSR count). The lowest BCUT2D eigenvalue weighted by molar-refractivity contribution is 0.0466. The molecule has 0 bridgehead atoms. The van der Waals surface area contributed by atoms with E-state index in [4.69, 9.17) is 18.9 Å². The Morgan fingerprint density at radius 2 is 0.645 bits per heavy atom. The number of hydrogen-bond acceptors (Lipinski definition) is 4. The van der Waals surface area contributed by atoms with Gasteiger partial charge in [0.25, 0.3) is 0 Å². The van der Waals surface area contributed by atoms with Gasteiger partial charge in [-0.15, -0.1) is 0 Å². The van der Waals surface area contributed by atoms with Crippen molar-refractivity contribution in [2.45, 2.75) is 192 Å². The van der Waals surface area contributed by atoms with Crippen molar-refractivity contribution in [1.82, 2.24) is 0 Å². The summed E-state index contributed by atoms with van der Waals surface area (Å²) in [4.78, 5) is 0. The maximum Gasteiger partial charge on any atom is 0.188 e. The van der Waals surface area contributed by atoms with Gasteiger partial charge < -0.3 is 18.9 Å². The number of benzene rings is 1. The second kappa shape index (κ2) is 34.3. The van der Waals surface area contributed by atoms with E-state index in [9.17, 15) is 0 Å². The molecule has 1 aromatic rings. The highest BCUT2D eigenvalue weighted by Crippen LogP contribution is 2.42. The van der Waals surface area contributed by atoms with Crippen LogP contribution < -0.4 is 9.47 Å². The molecule has 4 nitrogen and oxygen atoms in total. The average Bonchev–Trinajstić information content (AvgIpc) is 3.21.